The summed E-state index contributed by atoms with van der Waals surface area (Å²) in [5.41, 5.74) is 4.26. The second-order valence-electron chi connectivity index (χ2n) is 5.13. The first-order valence-corrected chi connectivity index (χ1v) is 8.63. The van der Waals surface area contributed by atoms with Gasteiger partial charge in [-0.15, -0.1) is 0 Å². The molecule has 0 saturated heterocycles. The van der Waals surface area contributed by atoms with Gasteiger partial charge in [-0.05, 0) is 43.3 Å². The van der Waals surface area contributed by atoms with E-state index < -0.39 is 20.7 Å². The van der Waals surface area contributed by atoms with Gasteiger partial charge in [0.25, 0.3) is 0 Å². The number of methoxy groups -OCH3 is 1. The molecule has 7 heteroatoms. The molecule has 0 bridgehead atoms. The van der Waals surface area contributed by atoms with Gasteiger partial charge in [0.2, 0.25) is 14.9 Å². The highest BCUT2D eigenvalue weighted by atomic mass is 32.2. The maximum absolute atomic E-state index is 12.6. The van der Waals surface area contributed by atoms with Gasteiger partial charge in [0, 0.05) is 6.92 Å². The zero-order chi connectivity index (χ0) is 17.7. The van der Waals surface area contributed by atoms with E-state index >= 15 is 0 Å². The third-order valence-electron chi connectivity index (χ3n) is 3.26. The number of sulfone groups is 1. The molecule has 0 aliphatic heterocycles. The summed E-state index contributed by atoms with van der Waals surface area (Å²) in [5.74, 6) is -0.126. The lowest BCUT2D eigenvalue weighted by molar-refractivity contribution is -0.110. The number of ether oxygens (including phenoxy) is 1. The lowest BCUT2D eigenvalue weighted by atomic mass is 10.2. The zero-order valence-corrected chi connectivity index (χ0v) is 14.4. The fourth-order valence-electron chi connectivity index (χ4n) is 1.94. The van der Waals surface area contributed by atoms with Crippen LogP contribution in [-0.4, -0.2) is 26.4 Å². The smallest absolute Gasteiger partial charge is 0.229 e. The van der Waals surface area contributed by atoms with Crippen LogP contribution in [-0.2, 0) is 14.6 Å². The molecular weight excluding hydrogens is 328 g/mol. The predicted octanol–water partition coefficient (Wildman–Crippen LogP) is 2.79. The molecule has 0 spiro atoms. The van der Waals surface area contributed by atoms with Gasteiger partial charge in [0.05, 0.1) is 17.7 Å². The number of nitrogens with one attached hydrogen (secondary N) is 1. The van der Waals surface area contributed by atoms with Crippen molar-refractivity contribution in [2.24, 2.45) is 5.10 Å². The molecule has 0 aromatic heterocycles. The first-order valence-electron chi connectivity index (χ1n) is 7.15. The van der Waals surface area contributed by atoms with E-state index in [1.54, 1.807) is 12.1 Å². The summed E-state index contributed by atoms with van der Waals surface area (Å²) in [7, 11) is -2.54. The van der Waals surface area contributed by atoms with E-state index in [9.17, 15) is 13.2 Å². The molecular formula is C17H18N2O4S. The Morgan fingerprint density at radius 3 is 2.12 bits per heavy atom. The van der Waals surface area contributed by atoms with E-state index in [-0.39, 0.29) is 4.90 Å². The molecule has 0 fully saturated rings. The predicted molar refractivity (Wildman–Crippen MR) is 93.1 cm³/mol. The molecule has 2 rings (SSSR count). The van der Waals surface area contributed by atoms with Crippen molar-refractivity contribution in [2.45, 2.75) is 18.7 Å². The van der Waals surface area contributed by atoms with Crippen LogP contribution in [0.3, 0.4) is 0 Å². The molecule has 126 valence electrons. The molecule has 0 heterocycles. The number of Topliss-reactive ketones (excluding diaryl/α,β-unsaturated/α-hetero) is 1. The van der Waals surface area contributed by atoms with Crippen molar-refractivity contribution in [3.05, 3.63) is 54.1 Å². The minimum absolute atomic E-state index is 0.0250. The van der Waals surface area contributed by atoms with Crippen LogP contribution in [0.1, 0.15) is 12.5 Å². The van der Waals surface area contributed by atoms with E-state index in [1.165, 1.54) is 31.4 Å². The van der Waals surface area contributed by atoms with E-state index in [1.807, 2.05) is 19.1 Å². The summed E-state index contributed by atoms with van der Waals surface area (Å²) >= 11 is 0. The molecule has 0 aliphatic rings. The summed E-state index contributed by atoms with van der Waals surface area (Å²) in [6, 6.07) is 13.0. The third-order valence-corrected chi connectivity index (χ3v) is 5.04. The van der Waals surface area contributed by atoms with E-state index in [4.69, 9.17) is 4.74 Å². The number of anilines is 1. The Morgan fingerprint density at radius 2 is 1.62 bits per heavy atom. The average molecular weight is 346 g/mol. The number of rotatable bonds is 5. The van der Waals surface area contributed by atoms with E-state index in [2.05, 4.69) is 10.5 Å². The van der Waals surface area contributed by atoms with Gasteiger partial charge in [-0.2, -0.15) is 5.10 Å². The largest absolute Gasteiger partial charge is 0.497 e. The SMILES string of the molecule is COc1ccc(S(=O)(=O)C(=NNc2ccc(C)cc2)C(C)=O)cc1. The van der Waals surface area contributed by atoms with Crippen molar-refractivity contribution < 1.29 is 17.9 Å². The maximum Gasteiger partial charge on any atom is 0.229 e. The molecule has 24 heavy (non-hydrogen) atoms. The van der Waals surface area contributed by atoms with Gasteiger partial charge >= 0.3 is 0 Å². The Labute approximate surface area is 141 Å². The van der Waals surface area contributed by atoms with Gasteiger partial charge in [0.1, 0.15) is 5.75 Å². The fourth-order valence-corrected chi connectivity index (χ4v) is 3.20. The zero-order valence-electron chi connectivity index (χ0n) is 13.6. The van der Waals surface area contributed by atoms with Crippen molar-refractivity contribution in [3.8, 4) is 5.75 Å². The number of aryl methyl sites for hydroxylation is 1. The number of hydrogen-bond donors (Lipinski definition) is 1. The van der Waals surface area contributed by atoms with Crippen molar-refractivity contribution in [1.29, 1.82) is 0 Å². The lowest BCUT2D eigenvalue weighted by Gasteiger charge is -2.08. The van der Waals surface area contributed by atoms with Crippen LogP contribution in [0.25, 0.3) is 0 Å². The van der Waals surface area contributed by atoms with Crippen LogP contribution >= 0.6 is 0 Å². The van der Waals surface area contributed by atoms with E-state index in [0.29, 0.717) is 11.4 Å². The molecule has 0 saturated carbocycles. The van der Waals surface area contributed by atoms with Gasteiger partial charge in [-0.3, -0.25) is 10.2 Å². The number of hydrogen-bond acceptors (Lipinski definition) is 6. The van der Waals surface area contributed by atoms with Gasteiger partial charge in [-0.1, -0.05) is 17.7 Å². The Hall–Kier alpha value is -2.67. The number of carbonyl (C=O) groups is 1. The van der Waals surface area contributed by atoms with Gasteiger partial charge in [0.15, 0.2) is 5.78 Å². The van der Waals surface area contributed by atoms with Crippen LogP contribution in [0.2, 0.25) is 0 Å². The summed E-state index contributed by atoms with van der Waals surface area (Å²) in [6.45, 7) is 3.10. The number of nitrogens with zero attached hydrogens (tertiary/aromatic N) is 1. The highest BCUT2D eigenvalue weighted by Crippen LogP contribution is 2.18. The van der Waals surface area contributed by atoms with Crippen LogP contribution in [0.5, 0.6) is 5.75 Å². The molecule has 2 aromatic carbocycles. The quantitative estimate of drug-likeness (QED) is 0.511. The summed E-state index contributed by atoms with van der Waals surface area (Å²) in [5, 5.41) is 3.26. The molecule has 0 radical (unpaired) electrons. The Kier molecular flexibility index (Phi) is 5.35. The van der Waals surface area contributed by atoms with Crippen molar-refractivity contribution in [3.63, 3.8) is 0 Å². The average Bonchev–Trinajstić information content (AvgIpc) is 2.56. The second kappa shape index (κ2) is 7.27. The Morgan fingerprint density at radius 1 is 1.04 bits per heavy atom. The minimum Gasteiger partial charge on any atom is -0.497 e. The molecule has 0 atom stereocenters. The van der Waals surface area contributed by atoms with E-state index in [0.717, 1.165) is 12.5 Å². The molecule has 2 aromatic rings. The summed E-state index contributed by atoms with van der Waals surface area (Å²) in [6.07, 6.45) is 0. The van der Waals surface area contributed by atoms with Gasteiger partial charge < -0.3 is 4.74 Å². The van der Waals surface area contributed by atoms with Crippen molar-refractivity contribution in [2.75, 3.05) is 12.5 Å². The second-order valence-corrected chi connectivity index (χ2v) is 6.99. The lowest BCUT2D eigenvalue weighted by Crippen LogP contribution is -2.24. The first-order chi connectivity index (χ1) is 11.3. The third kappa shape index (κ3) is 3.99. The minimum atomic E-state index is -4.02. The number of carbonyl (C=O) groups excluding carboxylic acids is 1. The molecule has 1 N–H and O–H groups in total. The number of ketones is 1. The highest BCUT2D eigenvalue weighted by molar-refractivity contribution is 8.08. The Bertz CT molecular complexity index is 854. The normalized spacial score (nSPS) is 11.9. The molecule has 0 unspecified atom stereocenters. The van der Waals surface area contributed by atoms with Gasteiger partial charge in [-0.25, -0.2) is 8.42 Å². The molecule has 0 amide bonds. The highest BCUT2D eigenvalue weighted by Gasteiger charge is 2.26. The molecule has 0 aliphatic carbocycles. The Balaban J connectivity index is 2.35. The summed E-state index contributed by atoms with van der Waals surface area (Å²) < 4.78 is 30.2. The first kappa shape index (κ1) is 17.7. The topological polar surface area (TPSA) is 84.8 Å². The maximum atomic E-state index is 12.6. The summed E-state index contributed by atoms with van der Waals surface area (Å²) in [4.78, 5) is 11.8. The number of benzene rings is 2. The fraction of sp³-hybridized carbons (Fsp3) is 0.176. The monoisotopic (exact) mass is 346 g/mol. The van der Waals surface area contributed by atoms with Crippen LogP contribution in [0.15, 0.2) is 58.5 Å². The van der Waals surface area contributed by atoms with Crippen LogP contribution in [0, 0.1) is 6.92 Å². The number of hydrazone groups is 1. The standard InChI is InChI=1S/C17H18N2O4S/c1-12-4-6-14(7-5-12)18-19-17(13(2)20)24(21,22)16-10-8-15(23-3)9-11-16/h4-11,18H,1-3H3. The van der Waals surface area contributed by atoms with Crippen molar-refractivity contribution in [1.82, 2.24) is 0 Å². The van der Waals surface area contributed by atoms with Crippen LogP contribution < -0.4 is 10.2 Å². The van der Waals surface area contributed by atoms with Crippen molar-refractivity contribution >= 4 is 26.4 Å². The van der Waals surface area contributed by atoms with Crippen LogP contribution in [0.4, 0.5) is 5.69 Å². The molecule has 6 nitrogen and oxygen atoms in total.